The Kier molecular flexibility index (Phi) is 2.77. The highest BCUT2D eigenvalue weighted by molar-refractivity contribution is 5.88. The highest BCUT2D eigenvalue weighted by atomic mass is 16.4. The fraction of sp³-hybridized carbons (Fsp3) is 0.0667. The summed E-state index contributed by atoms with van der Waals surface area (Å²) in [7, 11) is 0. The highest BCUT2D eigenvalue weighted by Gasteiger charge is 2.14. The molecule has 0 saturated carbocycles. The summed E-state index contributed by atoms with van der Waals surface area (Å²) >= 11 is 0. The fourth-order valence-electron chi connectivity index (χ4n) is 2.22. The number of hydrogen-bond donors (Lipinski definition) is 1. The van der Waals surface area contributed by atoms with Gasteiger partial charge in [-0.25, -0.2) is 4.79 Å². The third-order valence-electron chi connectivity index (χ3n) is 3.19. The van der Waals surface area contributed by atoms with E-state index in [2.05, 4.69) is 6.07 Å². The molecule has 20 heavy (non-hydrogen) atoms. The van der Waals surface area contributed by atoms with Crippen molar-refractivity contribution in [3.63, 3.8) is 0 Å². The number of carboxylic acids is 1. The fourth-order valence-corrected chi connectivity index (χ4v) is 2.22. The molecule has 0 aliphatic heterocycles. The zero-order valence-corrected chi connectivity index (χ0v) is 10.4. The van der Waals surface area contributed by atoms with Gasteiger partial charge >= 0.3 is 5.97 Å². The summed E-state index contributed by atoms with van der Waals surface area (Å²) in [5.41, 5.74) is 1.69. The minimum Gasteiger partial charge on any atom is -0.478 e. The van der Waals surface area contributed by atoms with Crippen LogP contribution in [0.5, 0.6) is 0 Å². The second-order valence-electron chi connectivity index (χ2n) is 4.39. The van der Waals surface area contributed by atoms with Crippen molar-refractivity contribution in [1.82, 2.24) is 4.57 Å². The zero-order chi connectivity index (χ0) is 14.1. The van der Waals surface area contributed by atoms with E-state index in [1.54, 1.807) is 12.1 Å². The summed E-state index contributed by atoms with van der Waals surface area (Å²) in [4.78, 5) is 11.1. The maximum atomic E-state index is 11.1. The zero-order valence-electron chi connectivity index (χ0n) is 10.4. The average Bonchev–Trinajstić information content (AvgIpc) is 3.06. The molecule has 0 unspecified atom stereocenters. The summed E-state index contributed by atoms with van der Waals surface area (Å²) in [6.07, 6.45) is 3.22. The Morgan fingerprint density at radius 1 is 1.35 bits per heavy atom. The van der Waals surface area contributed by atoms with Crippen LogP contribution in [0.2, 0.25) is 0 Å². The van der Waals surface area contributed by atoms with Gasteiger partial charge in [-0.15, -0.1) is 0 Å². The molecule has 0 saturated heterocycles. The van der Waals surface area contributed by atoms with Gasteiger partial charge in [-0.05, 0) is 30.3 Å². The summed E-state index contributed by atoms with van der Waals surface area (Å²) < 4.78 is 7.13. The normalized spacial score (nSPS) is 10.6. The number of nitriles is 1. The van der Waals surface area contributed by atoms with E-state index in [4.69, 9.17) is 14.8 Å². The molecular formula is C15H10N2O3. The van der Waals surface area contributed by atoms with E-state index in [9.17, 15) is 4.79 Å². The molecule has 0 atom stereocenters. The number of carboxylic acid groups (broad SMARTS) is 1. The first-order chi connectivity index (χ1) is 9.69. The molecule has 98 valence electrons. The summed E-state index contributed by atoms with van der Waals surface area (Å²) in [5, 5.41) is 18.9. The molecule has 0 aliphatic rings. The number of fused-ring (bicyclic) bond motifs is 1. The van der Waals surface area contributed by atoms with Crippen molar-refractivity contribution in [2.24, 2.45) is 0 Å². The van der Waals surface area contributed by atoms with E-state index in [1.807, 2.05) is 22.9 Å². The van der Waals surface area contributed by atoms with Crippen molar-refractivity contribution >= 4 is 16.9 Å². The van der Waals surface area contributed by atoms with Crippen molar-refractivity contribution in [3.8, 4) is 6.07 Å². The molecule has 3 rings (SSSR count). The van der Waals surface area contributed by atoms with Crippen LogP contribution in [0.3, 0.4) is 0 Å². The van der Waals surface area contributed by atoms with E-state index in [0.29, 0.717) is 17.9 Å². The van der Waals surface area contributed by atoms with Crippen LogP contribution in [0.1, 0.15) is 21.7 Å². The topological polar surface area (TPSA) is 79.2 Å². The Morgan fingerprint density at radius 2 is 2.20 bits per heavy atom. The van der Waals surface area contributed by atoms with Crippen LogP contribution in [-0.4, -0.2) is 15.6 Å². The van der Waals surface area contributed by atoms with Crippen LogP contribution in [0.4, 0.5) is 0 Å². The third kappa shape index (κ3) is 1.93. The van der Waals surface area contributed by atoms with Gasteiger partial charge in [0.05, 0.1) is 24.4 Å². The second-order valence-corrected chi connectivity index (χ2v) is 4.39. The number of benzene rings is 1. The number of aromatic carboxylic acids is 1. The van der Waals surface area contributed by atoms with Gasteiger partial charge in [-0.2, -0.15) is 5.26 Å². The average molecular weight is 266 g/mol. The second kappa shape index (κ2) is 4.59. The van der Waals surface area contributed by atoms with Crippen LogP contribution >= 0.6 is 0 Å². The van der Waals surface area contributed by atoms with Gasteiger partial charge in [-0.1, -0.05) is 0 Å². The van der Waals surface area contributed by atoms with Crippen LogP contribution in [0, 0.1) is 11.3 Å². The standard InChI is InChI=1S/C15H10N2O3/c16-8-10-1-2-13-11(7-10)3-5-17(13)9-14-12(15(18)19)4-6-20-14/h1-7H,9H2,(H,18,19). The van der Waals surface area contributed by atoms with Crippen LogP contribution in [-0.2, 0) is 6.54 Å². The van der Waals surface area contributed by atoms with Gasteiger partial charge in [0.25, 0.3) is 0 Å². The lowest BCUT2D eigenvalue weighted by atomic mass is 10.2. The quantitative estimate of drug-likeness (QED) is 0.790. The lowest BCUT2D eigenvalue weighted by Crippen LogP contribution is -2.03. The molecule has 5 nitrogen and oxygen atoms in total. The van der Waals surface area contributed by atoms with Crippen molar-refractivity contribution in [1.29, 1.82) is 5.26 Å². The van der Waals surface area contributed by atoms with Crippen molar-refractivity contribution in [2.75, 3.05) is 0 Å². The van der Waals surface area contributed by atoms with Crippen molar-refractivity contribution in [3.05, 3.63) is 59.7 Å². The van der Waals surface area contributed by atoms with E-state index in [-0.39, 0.29) is 5.56 Å². The summed E-state index contributed by atoms with van der Waals surface area (Å²) in [6.45, 7) is 0.337. The number of nitrogens with zero attached hydrogens (tertiary/aromatic N) is 2. The first-order valence-corrected chi connectivity index (χ1v) is 5.97. The van der Waals surface area contributed by atoms with Gasteiger partial charge < -0.3 is 14.1 Å². The maximum absolute atomic E-state index is 11.1. The summed E-state index contributed by atoms with van der Waals surface area (Å²) in [5.74, 6) is -0.601. The predicted molar refractivity (Wildman–Crippen MR) is 71.4 cm³/mol. The Balaban J connectivity index is 2.01. The molecule has 2 heterocycles. The smallest absolute Gasteiger partial charge is 0.339 e. The van der Waals surface area contributed by atoms with Crippen molar-refractivity contribution in [2.45, 2.75) is 6.54 Å². The molecule has 5 heteroatoms. The largest absolute Gasteiger partial charge is 0.478 e. The van der Waals surface area contributed by atoms with Crippen molar-refractivity contribution < 1.29 is 14.3 Å². The number of aromatic nitrogens is 1. The Labute approximate surface area is 114 Å². The lowest BCUT2D eigenvalue weighted by Gasteiger charge is -2.04. The summed E-state index contributed by atoms with van der Waals surface area (Å²) in [6, 6.07) is 10.8. The highest BCUT2D eigenvalue weighted by Crippen LogP contribution is 2.20. The van der Waals surface area contributed by atoms with E-state index >= 15 is 0 Å². The molecule has 0 fully saturated rings. The number of furan rings is 1. The van der Waals surface area contributed by atoms with Gasteiger partial charge in [0.1, 0.15) is 11.3 Å². The van der Waals surface area contributed by atoms with Gasteiger partial charge in [-0.3, -0.25) is 0 Å². The monoisotopic (exact) mass is 266 g/mol. The van der Waals surface area contributed by atoms with Crippen LogP contribution in [0.25, 0.3) is 10.9 Å². The first-order valence-electron chi connectivity index (χ1n) is 5.97. The number of hydrogen-bond acceptors (Lipinski definition) is 3. The number of rotatable bonds is 3. The van der Waals surface area contributed by atoms with Crippen LogP contribution in [0.15, 0.2) is 47.2 Å². The Morgan fingerprint density at radius 3 is 2.95 bits per heavy atom. The molecule has 0 bridgehead atoms. The molecule has 3 aromatic rings. The molecule has 0 radical (unpaired) electrons. The Bertz CT molecular complexity index is 836. The third-order valence-corrected chi connectivity index (χ3v) is 3.19. The number of carbonyl (C=O) groups is 1. The van der Waals surface area contributed by atoms with Gasteiger partial charge in [0.2, 0.25) is 0 Å². The van der Waals surface area contributed by atoms with E-state index in [1.165, 1.54) is 12.3 Å². The predicted octanol–water partition coefficient (Wildman–Crippen LogP) is 2.85. The molecular weight excluding hydrogens is 256 g/mol. The molecule has 2 aromatic heterocycles. The van der Waals surface area contributed by atoms with E-state index < -0.39 is 5.97 Å². The molecule has 0 spiro atoms. The van der Waals surface area contributed by atoms with Crippen LogP contribution < -0.4 is 0 Å². The first kappa shape index (κ1) is 12.1. The molecule has 0 aliphatic carbocycles. The van der Waals surface area contributed by atoms with Gasteiger partial charge in [0.15, 0.2) is 0 Å². The maximum Gasteiger partial charge on any atom is 0.339 e. The van der Waals surface area contributed by atoms with Gasteiger partial charge in [0, 0.05) is 17.1 Å². The molecule has 0 amide bonds. The molecule has 1 N–H and O–H groups in total. The Hall–Kier alpha value is -3.00. The molecule has 1 aromatic carbocycles. The lowest BCUT2D eigenvalue weighted by molar-refractivity contribution is 0.0694. The minimum absolute atomic E-state index is 0.167. The minimum atomic E-state index is -1.00. The SMILES string of the molecule is N#Cc1ccc2c(ccn2Cc2occc2C(=O)O)c1. The van der Waals surface area contributed by atoms with E-state index in [0.717, 1.165) is 10.9 Å².